The van der Waals surface area contributed by atoms with E-state index in [4.69, 9.17) is 0 Å². The molecule has 2 rings (SSSR count). The predicted octanol–water partition coefficient (Wildman–Crippen LogP) is 2.08. The van der Waals surface area contributed by atoms with E-state index >= 15 is 0 Å². The summed E-state index contributed by atoms with van der Waals surface area (Å²) in [5.74, 6) is 0.502. The summed E-state index contributed by atoms with van der Waals surface area (Å²) in [7, 11) is 1.73. The zero-order chi connectivity index (χ0) is 15.2. The summed E-state index contributed by atoms with van der Waals surface area (Å²) in [6.45, 7) is 2.62. The average molecular weight is 292 g/mol. The van der Waals surface area contributed by atoms with Crippen molar-refractivity contribution in [3.8, 4) is 0 Å². The number of rotatable bonds is 5. The van der Waals surface area contributed by atoms with Gasteiger partial charge in [0.15, 0.2) is 5.69 Å². The Bertz CT molecular complexity index is 504. The normalized spacial score (nSPS) is 15.7. The van der Waals surface area contributed by atoms with E-state index in [0.29, 0.717) is 18.1 Å². The lowest BCUT2D eigenvalue weighted by atomic mass is 9.89. The highest BCUT2D eigenvalue weighted by molar-refractivity contribution is 5.96. The highest BCUT2D eigenvalue weighted by Crippen LogP contribution is 2.25. The van der Waals surface area contributed by atoms with E-state index < -0.39 is 0 Å². The first-order valence-electron chi connectivity index (χ1n) is 7.75. The second-order valence-corrected chi connectivity index (χ2v) is 5.62. The Balaban J connectivity index is 1.98. The van der Waals surface area contributed by atoms with E-state index in [1.165, 1.54) is 6.42 Å². The highest BCUT2D eigenvalue weighted by Gasteiger charge is 2.22. The van der Waals surface area contributed by atoms with Crippen LogP contribution in [0.4, 0.5) is 5.82 Å². The van der Waals surface area contributed by atoms with E-state index in [1.807, 2.05) is 6.92 Å². The Labute approximate surface area is 125 Å². The van der Waals surface area contributed by atoms with Crippen LogP contribution in [0.25, 0.3) is 0 Å². The molecule has 1 fully saturated rings. The van der Waals surface area contributed by atoms with Crippen LogP contribution in [0.2, 0.25) is 0 Å². The molecule has 0 radical (unpaired) electrons. The van der Waals surface area contributed by atoms with Gasteiger partial charge < -0.3 is 10.6 Å². The molecule has 0 unspecified atom stereocenters. The average Bonchev–Trinajstić information content (AvgIpc) is 2.87. The topological polar surface area (TPSA) is 76.0 Å². The van der Waals surface area contributed by atoms with Gasteiger partial charge >= 0.3 is 0 Å². The van der Waals surface area contributed by atoms with Crippen molar-refractivity contribution in [3.63, 3.8) is 0 Å². The fourth-order valence-corrected chi connectivity index (χ4v) is 2.62. The number of hydrogen-bond donors (Lipinski definition) is 2. The van der Waals surface area contributed by atoms with Crippen LogP contribution in [0.1, 0.15) is 55.9 Å². The summed E-state index contributed by atoms with van der Waals surface area (Å²) < 4.78 is 1.54. The number of nitrogens with one attached hydrogen (secondary N) is 2. The molecule has 0 aromatic carbocycles. The van der Waals surface area contributed by atoms with Gasteiger partial charge in [-0.3, -0.25) is 14.3 Å². The van der Waals surface area contributed by atoms with E-state index in [0.717, 1.165) is 32.1 Å². The van der Waals surface area contributed by atoms with Gasteiger partial charge in [0.2, 0.25) is 5.91 Å². The van der Waals surface area contributed by atoms with E-state index in [-0.39, 0.29) is 17.7 Å². The van der Waals surface area contributed by atoms with Crippen molar-refractivity contribution in [2.45, 2.75) is 45.4 Å². The molecule has 1 aliphatic carbocycles. The fraction of sp³-hybridized carbons (Fsp3) is 0.667. The third-order valence-corrected chi connectivity index (χ3v) is 3.88. The number of aromatic nitrogens is 2. The summed E-state index contributed by atoms with van der Waals surface area (Å²) in [5, 5.41) is 9.82. The molecule has 0 saturated heterocycles. The molecule has 116 valence electrons. The molecule has 21 heavy (non-hydrogen) atoms. The highest BCUT2D eigenvalue weighted by atomic mass is 16.2. The van der Waals surface area contributed by atoms with Crippen LogP contribution in [0.5, 0.6) is 0 Å². The Kier molecular flexibility index (Phi) is 5.36. The number of hydrogen-bond acceptors (Lipinski definition) is 3. The predicted molar refractivity (Wildman–Crippen MR) is 81.0 cm³/mol. The molecule has 1 aliphatic rings. The lowest BCUT2D eigenvalue weighted by Crippen LogP contribution is -2.25. The van der Waals surface area contributed by atoms with Gasteiger partial charge in [0.1, 0.15) is 5.82 Å². The van der Waals surface area contributed by atoms with E-state index in [1.54, 1.807) is 17.8 Å². The van der Waals surface area contributed by atoms with Crippen molar-refractivity contribution >= 4 is 17.6 Å². The third kappa shape index (κ3) is 4.06. The maximum Gasteiger partial charge on any atom is 0.271 e. The molecule has 0 spiro atoms. The third-order valence-electron chi connectivity index (χ3n) is 3.88. The van der Waals surface area contributed by atoms with Crippen molar-refractivity contribution < 1.29 is 9.59 Å². The van der Waals surface area contributed by atoms with Crippen molar-refractivity contribution in [1.82, 2.24) is 15.1 Å². The second kappa shape index (κ2) is 7.24. The summed E-state index contributed by atoms with van der Waals surface area (Å²) in [6.07, 6.45) is 6.24. The monoisotopic (exact) mass is 292 g/mol. The van der Waals surface area contributed by atoms with Crippen LogP contribution in [0.3, 0.4) is 0 Å². The quantitative estimate of drug-likeness (QED) is 0.872. The zero-order valence-electron chi connectivity index (χ0n) is 12.8. The van der Waals surface area contributed by atoms with Gasteiger partial charge in [-0.15, -0.1) is 0 Å². The molecule has 1 aromatic heterocycles. The Morgan fingerprint density at radius 1 is 1.33 bits per heavy atom. The molecule has 0 atom stereocenters. The van der Waals surface area contributed by atoms with Crippen LogP contribution in [-0.2, 0) is 11.8 Å². The van der Waals surface area contributed by atoms with Crippen LogP contribution < -0.4 is 10.6 Å². The SMILES string of the molecule is CCCNC(=O)c1cc(NC(=O)C2CCCCC2)n(C)n1. The number of aryl methyl sites for hydroxylation is 1. The fourth-order valence-electron chi connectivity index (χ4n) is 2.62. The van der Waals surface area contributed by atoms with Crippen molar-refractivity contribution in [3.05, 3.63) is 11.8 Å². The van der Waals surface area contributed by atoms with Crippen LogP contribution in [0, 0.1) is 5.92 Å². The number of anilines is 1. The molecule has 1 saturated carbocycles. The smallest absolute Gasteiger partial charge is 0.271 e. The molecule has 2 N–H and O–H groups in total. The van der Waals surface area contributed by atoms with Gasteiger partial charge in [-0.25, -0.2) is 0 Å². The maximum atomic E-state index is 12.2. The number of nitrogens with zero attached hydrogens (tertiary/aromatic N) is 2. The summed E-state index contributed by atoms with van der Waals surface area (Å²) >= 11 is 0. The zero-order valence-corrected chi connectivity index (χ0v) is 12.8. The number of carbonyl (C=O) groups excluding carboxylic acids is 2. The molecular formula is C15H24N4O2. The minimum absolute atomic E-state index is 0.0400. The lowest BCUT2D eigenvalue weighted by Gasteiger charge is -2.20. The maximum absolute atomic E-state index is 12.2. The Morgan fingerprint density at radius 2 is 2.05 bits per heavy atom. The van der Waals surface area contributed by atoms with Gasteiger partial charge in [-0.2, -0.15) is 5.10 Å². The summed E-state index contributed by atoms with van der Waals surface area (Å²) in [4.78, 5) is 24.1. The molecule has 6 nitrogen and oxygen atoms in total. The minimum atomic E-state index is -0.203. The Morgan fingerprint density at radius 3 is 2.71 bits per heavy atom. The van der Waals surface area contributed by atoms with Gasteiger partial charge in [0.25, 0.3) is 5.91 Å². The van der Waals surface area contributed by atoms with Crippen molar-refractivity contribution in [1.29, 1.82) is 0 Å². The summed E-state index contributed by atoms with van der Waals surface area (Å²) in [6, 6.07) is 1.63. The Hall–Kier alpha value is -1.85. The molecule has 1 aromatic rings. The molecule has 2 amide bonds. The first kappa shape index (κ1) is 15.5. The van der Waals surface area contributed by atoms with Gasteiger partial charge in [-0.1, -0.05) is 26.2 Å². The van der Waals surface area contributed by atoms with Crippen molar-refractivity contribution in [2.24, 2.45) is 13.0 Å². The van der Waals surface area contributed by atoms with E-state index in [2.05, 4.69) is 15.7 Å². The molecule has 1 heterocycles. The van der Waals surface area contributed by atoms with Crippen LogP contribution in [-0.4, -0.2) is 28.1 Å². The second-order valence-electron chi connectivity index (χ2n) is 5.62. The van der Waals surface area contributed by atoms with Gasteiger partial charge in [0.05, 0.1) is 0 Å². The molecular weight excluding hydrogens is 268 g/mol. The number of carbonyl (C=O) groups is 2. The first-order chi connectivity index (χ1) is 10.1. The van der Waals surface area contributed by atoms with Crippen molar-refractivity contribution in [2.75, 3.05) is 11.9 Å². The lowest BCUT2D eigenvalue weighted by molar-refractivity contribution is -0.120. The largest absolute Gasteiger partial charge is 0.351 e. The van der Waals surface area contributed by atoms with Gasteiger partial charge in [-0.05, 0) is 19.3 Å². The summed E-state index contributed by atoms with van der Waals surface area (Å²) in [5.41, 5.74) is 0.338. The first-order valence-corrected chi connectivity index (χ1v) is 7.75. The van der Waals surface area contributed by atoms with Crippen LogP contribution in [0.15, 0.2) is 6.07 Å². The van der Waals surface area contributed by atoms with E-state index in [9.17, 15) is 9.59 Å². The van der Waals surface area contributed by atoms with Gasteiger partial charge in [0, 0.05) is 25.6 Å². The molecule has 0 aliphatic heterocycles. The molecule has 6 heteroatoms. The minimum Gasteiger partial charge on any atom is -0.351 e. The standard InChI is InChI=1S/C15H24N4O2/c1-3-9-16-15(21)12-10-13(19(2)18-12)17-14(20)11-7-5-4-6-8-11/h10-11H,3-9H2,1-2H3,(H,16,21)(H,17,20). The van der Waals surface area contributed by atoms with Crippen LogP contribution >= 0.6 is 0 Å². The molecule has 0 bridgehead atoms. The number of amides is 2.